The first-order valence-electron chi connectivity index (χ1n) is 7.09. The molecule has 1 aliphatic rings. The van der Waals surface area contributed by atoms with Gasteiger partial charge < -0.3 is 10.0 Å². The van der Waals surface area contributed by atoms with Crippen molar-refractivity contribution in [2.75, 3.05) is 37.6 Å². The molecule has 1 saturated heterocycles. The Kier molecular flexibility index (Phi) is 5.23. The van der Waals surface area contributed by atoms with E-state index in [0.717, 1.165) is 6.07 Å². The Morgan fingerprint density at radius 3 is 2.55 bits per heavy atom. The summed E-state index contributed by atoms with van der Waals surface area (Å²) in [6, 6.07) is 2.33. The summed E-state index contributed by atoms with van der Waals surface area (Å²) in [7, 11) is 0. The van der Waals surface area contributed by atoms with Gasteiger partial charge in [-0.3, -0.25) is 9.69 Å². The zero-order valence-corrected chi connectivity index (χ0v) is 12.0. The summed E-state index contributed by atoms with van der Waals surface area (Å²) in [6.07, 6.45) is -2.39. The highest BCUT2D eigenvalue weighted by Crippen LogP contribution is 2.35. The van der Waals surface area contributed by atoms with Gasteiger partial charge in [-0.05, 0) is 25.1 Å². The van der Waals surface area contributed by atoms with Crippen molar-refractivity contribution in [3.05, 3.63) is 23.9 Å². The lowest BCUT2D eigenvalue weighted by atomic mass is 10.2. The molecular formula is C14H18F3N3O2. The molecule has 0 aliphatic carbocycles. The van der Waals surface area contributed by atoms with Crippen molar-refractivity contribution in [3.8, 4) is 0 Å². The van der Waals surface area contributed by atoms with Gasteiger partial charge in [-0.15, -0.1) is 0 Å². The second kappa shape index (κ2) is 6.95. The molecule has 1 aromatic heterocycles. The summed E-state index contributed by atoms with van der Waals surface area (Å²) >= 11 is 0. The number of aromatic nitrogens is 1. The van der Waals surface area contributed by atoms with E-state index in [-0.39, 0.29) is 12.2 Å². The van der Waals surface area contributed by atoms with Crippen LogP contribution < -0.4 is 4.90 Å². The summed E-state index contributed by atoms with van der Waals surface area (Å²) in [4.78, 5) is 18.1. The highest BCUT2D eigenvalue weighted by molar-refractivity contribution is 5.66. The Morgan fingerprint density at radius 2 is 1.95 bits per heavy atom. The monoisotopic (exact) mass is 317 g/mol. The van der Waals surface area contributed by atoms with Crippen molar-refractivity contribution in [3.63, 3.8) is 0 Å². The van der Waals surface area contributed by atoms with E-state index in [9.17, 15) is 18.0 Å². The van der Waals surface area contributed by atoms with Gasteiger partial charge in [0.05, 0.1) is 5.56 Å². The largest absolute Gasteiger partial charge is 0.481 e. The number of piperazine rings is 1. The maximum absolute atomic E-state index is 13.0. The molecule has 0 amide bonds. The van der Waals surface area contributed by atoms with Crippen LogP contribution in [0.15, 0.2) is 18.3 Å². The molecule has 0 aromatic carbocycles. The van der Waals surface area contributed by atoms with Crippen LogP contribution in [0.1, 0.15) is 18.4 Å². The second-order valence-electron chi connectivity index (χ2n) is 5.20. The zero-order valence-electron chi connectivity index (χ0n) is 12.0. The lowest BCUT2D eigenvalue weighted by molar-refractivity contribution is -0.138. The number of alkyl halides is 3. The third kappa shape index (κ3) is 4.33. The van der Waals surface area contributed by atoms with E-state index in [1.165, 1.54) is 12.3 Å². The number of aliphatic carboxylic acids is 1. The van der Waals surface area contributed by atoms with Gasteiger partial charge in [-0.25, -0.2) is 4.98 Å². The minimum atomic E-state index is -4.41. The molecule has 2 rings (SSSR count). The number of anilines is 1. The molecule has 0 radical (unpaired) electrons. The number of rotatable bonds is 5. The third-order valence-electron chi connectivity index (χ3n) is 3.63. The number of nitrogens with zero attached hydrogens (tertiary/aromatic N) is 3. The van der Waals surface area contributed by atoms with Gasteiger partial charge in [-0.1, -0.05) is 0 Å². The minimum absolute atomic E-state index is 0.0276. The molecule has 0 bridgehead atoms. The summed E-state index contributed by atoms with van der Waals surface area (Å²) in [6.45, 7) is 2.76. The number of carbonyl (C=O) groups is 1. The van der Waals surface area contributed by atoms with Crippen molar-refractivity contribution in [2.45, 2.75) is 19.0 Å². The first-order chi connectivity index (χ1) is 10.4. The SMILES string of the molecule is O=C(O)CCCN1CCN(c2ncccc2C(F)(F)F)CC1. The Bertz CT molecular complexity index is 514. The maximum atomic E-state index is 13.0. The quantitative estimate of drug-likeness (QED) is 0.901. The molecule has 2 heterocycles. The molecule has 0 saturated carbocycles. The van der Waals surface area contributed by atoms with Crippen molar-refractivity contribution in [2.24, 2.45) is 0 Å². The van der Waals surface area contributed by atoms with Crippen LogP contribution in [0.25, 0.3) is 0 Å². The third-order valence-corrected chi connectivity index (χ3v) is 3.63. The number of carboxylic acids is 1. The van der Waals surface area contributed by atoms with Crippen LogP contribution in [0.2, 0.25) is 0 Å². The smallest absolute Gasteiger partial charge is 0.419 e. The van der Waals surface area contributed by atoms with Gasteiger partial charge in [0.1, 0.15) is 5.82 Å². The van der Waals surface area contributed by atoms with E-state index in [2.05, 4.69) is 9.88 Å². The van der Waals surface area contributed by atoms with E-state index in [4.69, 9.17) is 5.11 Å². The van der Waals surface area contributed by atoms with Crippen molar-refractivity contribution < 1.29 is 23.1 Å². The van der Waals surface area contributed by atoms with E-state index < -0.39 is 17.7 Å². The molecule has 0 unspecified atom stereocenters. The predicted octanol–water partition coefficient (Wildman–Crippen LogP) is 2.09. The molecule has 8 heteroatoms. The summed E-state index contributed by atoms with van der Waals surface area (Å²) < 4.78 is 39.0. The van der Waals surface area contributed by atoms with Crippen molar-refractivity contribution in [1.29, 1.82) is 0 Å². The lowest BCUT2D eigenvalue weighted by Gasteiger charge is -2.36. The van der Waals surface area contributed by atoms with Gasteiger partial charge in [0.2, 0.25) is 0 Å². The molecule has 5 nitrogen and oxygen atoms in total. The fourth-order valence-corrected chi connectivity index (χ4v) is 2.51. The Labute approximate surface area is 126 Å². The van der Waals surface area contributed by atoms with Crippen LogP contribution in [0, 0.1) is 0 Å². The minimum Gasteiger partial charge on any atom is -0.481 e. The maximum Gasteiger partial charge on any atom is 0.419 e. The molecule has 1 aromatic rings. The average molecular weight is 317 g/mol. The molecule has 0 atom stereocenters. The number of hydrogen-bond acceptors (Lipinski definition) is 4. The van der Waals surface area contributed by atoms with E-state index in [1.54, 1.807) is 4.90 Å². The second-order valence-corrected chi connectivity index (χ2v) is 5.20. The first kappa shape index (κ1) is 16.5. The highest BCUT2D eigenvalue weighted by atomic mass is 19.4. The lowest BCUT2D eigenvalue weighted by Crippen LogP contribution is -2.47. The summed E-state index contributed by atoms with van der Waals surface area (Å²) in [5, 5.41) is 8.60. The summed E-state index contributed by atoms with van der Waals surface area (Å²) in [5.74, 6) is -0.859. The van der Waals surface area contributed by atoms with Crippen LogP contribution in [0.3, 0.4) is 0 Å². The molecular weight excluding hydrogens is 299 g/mol. The first-order valence-corrected chi connectivity index (χ1v) is 7.09. The van der Waals surface area contributed by atoms with Crippen LogP contribution in [-0.4, -0.2) is 53.7 Å². The molecule has 0 spiro atoms. The number of carboxylic acid groups (broad SMARTS) is 1. The average Bonchev–Trinajstić information content (AvgIpc) is 2.47. The highest BCUT2D eigenvalue weighted by Gasteiger charge is 2.36. The number of halogens is 3. The van der Waals surface area contributed by atoms with E-state index in [0.29, 0.717) is 39.1 Å². The standard InChI is InChI=1S/C14H18F3N3O2/c15-14(16,17)11-3-1-5-18-13(11)20-9-7-19(8-10-20)6-2-4-12(21)22/h1,3,5H,2,4,6-10H2,(H,21,22). The Morgan fingerprint density at radius 1 is 1.27 bits per heavy atom. The van der Waals surface area contributed by atoms with Crippen molar-refractivity contribution >= 4 is 11.8 Å². The van der Waals surface area contributed by atoms with Crippen molar-refractivity contribution in [1.82, 2.24) is 9.88 Å². The summed E-state index contributed by atoms with van der Waals surface area (Å²) in [5.41, 5.74) is -0.714. The van der Waals surface area contributed by atoms with Crippen LogP contribution in [0.5, 0.6) is 0 Å². The van der Waals surface area contributed by atoms with Gasteiger partial charge in [0.15, 0.2) is 0 Å². The fraction of sp³-hybridized carbons (Fsp3) is 0.571. The van der Waals surface area contributed by atoms with Crippen LogP contribution in [0.4, 0.5) is 19.0 Å². The van der Waals surface area contributed by atoms with Gasteiger partial charge >= 0.3 is 12.1 Å². The zero-order chi connectivity index (χ0) is 16.2. The van der Waals surface area contributed by atoms with E-state index in [1.807, 2.05) is 0 Å². The molecule has 1 N–H and O–H groups in total. The molecule has 22 heavy (non-hydrogen) atoms. The van der Waals surface area contributed by atoms with E-state index >= 15 is 0 Å². The number of hydrogen-bond donors (Lipinski definition) is 1. The predicted molar refractivity (Wildman–Crippen MR) is 74.8 cm³/mol. The normalized spacial score (nSPS) is 16.8. The van der Waals surface area contributed by atoms with Gasteiger partial charge in [0, 0.05) is 38.8 Å². The Hall–Kier alpha value is -1.83. The molecule has 1 fully saturated rings. The molecule has 1 aliphatic heterocycles. The topological polar surface area (TPSA) is 56.7 Å². The fourth-order valence-electron chi connectivity index (χ4n) is 2.51. The Balaban J connectivity index is 1.93. The van der Waals surface area contributed by atoms with Crippen LogP contribution in [-0.2, 0) is 11.0 Å². The van der Waals surface area contributed by atoms with Gasteiger partial charge in [-0.2, -0.15) is 13.2 Å². The number of pyridine rings is 1. The molecule has 122 valence electrons. The van der Waals surface area contributed by atoms with Crippen LogP contribution >= 0.6 is 0 Å². The van der Waals surface area contributed by atoms with Gasteiger partial charge in [0.25, 0.3) is 0 Å².